The van der Waals surface area contributed by atoms with Crippen molar-refractivity contribution in [2.75, 3.05) is 13.2 Å². The molecule has 4 fully saturated rings. The van der Waals surface area contributed by atoms with Crippen molar-refractivity contribution < 1.29 is 38.1 Å². The Bertz CT molecular complexity index is 1670. The molecule has 0 heterocycles. The highest BCUT2D eigenvalue weighted by Crippen LogP contribution is 2.67. The van der Waals surface area contributed by atoms with Gasteiger partial charge in [-0.25, -0.2) is 9.59 Å². The standard InChI is InChI=1S/C53H78O8/c1-7-48(54)58-33-12-10-8-9-11-13-34-59-49(55)38-17-19-39(20-18-38)50(56)60-42-24-21-40(22-25-42)51(57)61-43-29-31-52(5)41(35-43)23-26-44-46-28-27-45(37(4)16-14-15-36(2)3)53(46,6)32-30-47(44)52/h7,21-25,36-39,43-47H,1,8-20,26-35H2,2-6H3. The molecule has 0 aliphatic heterocycles. The van der Waals surface area contributed by atoms with Crippen molar-refractivity contribution in [2.45, 2.75) is 176 Å². The van der Waals surface area contributed by atoms with E-state index < -0.39 is 0 Å². The number of esters is 4. The van der Waals surface area contributed by atoms with Gasteiger partial charge in [-0.05, 0) is 154 Å². The van der Waals surface area contributed by atoms with Crippen molar-refractivity contribution in [3.05, 3.63) is 54.1 Å². The molecule has 338 valence electrons. The van der Waals surface area contributed by atoms with Gasteiger partial charge >= 0.3 is 23.9 Å². The van der Waals surface area contributed by atoms with Gasteiger partial charge in [-0.2, -0.15) is 0 Å². The van der Waals surface area contributed by atoms with Crippen LogP contribution >= 0.6 is 0 Å². The summed E-state index contributed by atoms with van der Waals surface area (Å²) in [5, 5.41) is 0. The van der Waals surface area contributed by atoms with Crippen molar-refractivity contribution in [1.29, 1.82) is 0 Å². The molecule has 8 unspecified atom stereocenters. The molecule has 5 aliphatic carbocycles. The van der Waals surface area contributed by atoms with E-state index in [0.29, 0.717) is 55.6 Å². The average molecular weight is 843 g/mol. The number of unbranched alkanes of at least 4 members (excludes halogenated alkanes) is 5. The summed E-state index contributed by atoms with van der Waals surface area (Å²) in [6.45, 7) is 16.7. The fourth-order valence-electron chi connectivity index (χ4n) is 12.8. The Morgan fingerprint density at radius 1 is 0.738 bits per heavy atom. The second-order valence-corrected chi connectivity index (χ2v) is 20.7. The molecule has 0 spiro atoms. The minimum atomic E-state index is -0.381. The second-order valence-electron chi connectivity index (χ2n) is 20.7. The van der Waals surface area contributed by atoms with E-state index in [0.717, 1.165) is 93.3 Å². The molecule has 1 aromatic rings. The van der Waals surface area contributed by atoms with Gasteiger partial charge in [0.2, 0.25) is 0 Å². The summed E-state index contributed by atoms with van der Waals surface area (Å²) < 4.78 is 22.4. The molecule has 6 rings (SSSR count). The summed E-state index contributed by atoms with van der Waals surface area (Å²) in [4.78, 5) is 50.2. The summed E-state index contributed by atoms with van der Waals surface area (Å²) in [5.74, 6) is 3.63. The lowest BCUT2D eigenvalue weighted by Crippen LogP contribution is -2.51. The Labute approximate surface area is 367 Å². The second kappa shape index (κ2) is 21.8. The molecule has 1 aromatic carbocycles. The van der Waals surface area contributed by atoms with Crippen LogP contribution < -0.4 is 4.74 Å². The zero-order valence-corrected chi connectivity index (χ0v) is 38.4. The normalized spacial score (nSPS) is 31.1. The molecule has 0 aromatic heterocycles. The van der Waals surface area contributed by atoms with Crippen LogP contribution in [0.4, 0.5) is 0 Å². The van der Waals surface area contributed by atoms with Crippen molar-refractivity contribution in [3.63, 3.8) is 0 Å². The van der Waals surface area contributed by atoms with Crippen LogP contribution in [0.3, 0.4) is 0 Å². The van der Waals surface area contributed by atoms with E-state index in [-0.39, 0.29) is 47.2 Å². The van der Waals surface area contributed by atoms with E-state index in [2.05, 4.69) is 47.3 Å². The number of carbonyl (C=O) groups excluding carboxylic acids is 4. The molecule has 0 amide bonds. The Morgan fingerprint density at radius 2 is 1.39 bits per heavy atom. The highest BCUT2D eigenvalue weighted by atomic mass is 16.5. The minimum Gasteiger partial charge on any atom is -0.465 e. The SMILES string of the molecule is C=CC(=O)OCCCCCCCCOC(=O)C1CCC(C(=O)Oc2ccc(C(=O)OC3CCC4(C)C(=CCC5C4CCC4(C)C(C(C)CCCC(C)C)CCC54)C3)cc2)CC1. The van der Waals surface area contributed by atoms with Gasteiger partial charge in [0.15, 0.2) is 0 Å². The molecule has 61 heavy (non-hydrogen) atoms. The summed E-state index contributed by atoms with van der Waals surface area (Å²) in [6, 6.07) is 6.74. The quantitative estimate of drug-likeness (QED) is 0.0319. The van der Waals surface area contributed by atoms with E-state index in [1.165, 1.54) is 63.0 Å². The van der Waals surface area contributed by atoms with Crippen LogP contribution in [0, 0.1) is 58.2 Å². The first-order chi connectivity index (χ1) is 29.3. The van der Waals surface area contributed by atoms with Crippen LogP contribution in [0.5, 0.6) is 5.75 Å². The Morgan fingerprint density at radius 3 is 2.07 bits per heavy atom. The van der Waals surface area contributed by atoms with E-state index in [1.54, 1.807) is 24.3 Å². The Kier molecular flexibility index (Phi) is 16.8. The van der Waals surface area contributed by atoms with Gasteiger partial charge in [0.05, 0.1) is 30.6 Å². The molecule has 0 N–H and O–H groups in total. The first kappa shape index (κ1) is 47.1. The van der Waals surface area contributed by atoms with Gasteiger partial charge in [-0.1, -0.05) is 97.8 Å². The van der Waals surface area contributed by atoms with Gasteiger partial charge in [0, 0.05) is 12.5 Å². The third kappa shape index (κ3) is 11.8. The summed E-state index contributed by atoms with van der Waals surface area (Å²) in [7, 11) is 0. The summed E-state index contributed by atoms with van der Waals surface area (Å²) in [6.07, 6.45) is 25.4. The van der Waals surface area contributed by atoms with Gasteiger partial charge in [0.1, 0.15) is 11.9 Å². The Hall–Kier alpha value is -3.42. The third-order valence-corrected chi connectivity index (χ3v) is 16.4. The molecule has 5 aliphatic rings. The molecular weight excluding hydrogens is 765 g/mol. The predicted octanol–water partition coefficient (Wildman–Crippen LogP) is 12.6. The summed E-state index contributed by atoms with van der Waals surface area (Å²) in [5.41, 5.74) is 2.67. The fourth-order valence-corrected chi connectivity index (χ4v) is 12.8. The number of rotatable bonds is 20. The zero-order chi connectivity index (χ0) is 43.6. The monoisotopic (exact) mass is 843 g/mol. The predicted molar refractivity (Wildman–Crippen MR) is 240 cm³/mol. The van der Waals surface area contributed by atoms with Gasteiger partial charge in [0.25, 0.3) is 0 Å². The number of carbonyl (C=O) groups is 4. The van der Waals surface area contributed by atoms with Crippen LogP contribution in [-0.2, 0) is 28.6 Å². The van der Waals surface area contributed by atoms with Crippen molar-refractivity contribution in [1.82, 2.24) is 0 Å². The maximum atomic E-state index is 13.4. The van der Waals surface area contributed by atoms with Crippen molar-refractivity contribution in [2.24, 2.45) is 58.2 Å². The lowest BCUT2D eigenvalue weighted by Gasteiger charge is -2.58. The van der Waals surface area contributed by atoms with E-state index in [9.17, 15) is 19.2 Å². The zero-order valence-electron chi connectivity index (χ0n) is 38.4. The maximum absolute atomic E-state index is 13.4. The molecule has 8 atom stereocenters. The van der Waals surface area contributed by atoms with Gasteiger partial charge in [-0.15, -0.1) is 0 Å². The fraction of sp³-hybridized carbons (Fsp3) is 0.736. The Balaban J connectivity index is 0.885. The highest BCUT2D eigenvalue weighted by molar-refractivity contribution is 5.89. The summed E-state index contributed by atoms with van der Waals surface area (Å²) >= 11 is 0. The number of hydrogen-bond donors (Lipinski definition) is 0. The number of hydrogen-bond acceptors (Lipinski definition) is 8. The van der Waals surface area contributed by atoms with Crippen LogP contribution in [0.1, 0.15) is 180 Å². The van der Waals surface area contributed by atoms with E-state index in [4.69, 9.17) is 18.9 Å². The van der Waals surface area contributed by atoms with Gasteiger partial charge < -0.3 is 18.9 Å². The van der Waals surface area contributed by atoms with E-state index >= 15 is 0 Å². The number of ether oxygens (including phenoxy) is 4. The minimum absolute atomic E-state index is 0.117. The topological polar surface area (TPSA) is 105 Å². The number of allylic oxidation sites excluding steroid dienone is 1. The van der Waals surface area contributed by atoms with Crippen LogP contribution in [0.2, 0.25) is 0 Å². The van der Waals surface area contributed by atoms with E-state index in [1.807, 2.05) is 0 Å². The lowest BCUT2D eigenvalue weighted by molar-refractivity contribution is -0.152. The largest absolute Gasteiger partial charge is 0.465 e. The van der Waals surface area contributed by atoms with Crippen molar-refractivity contribution in [3.8, 4) is 5.75 Å². The maximum Gasteiger partial charge on any atom is 0.338 e. The molecule has 4 saturated carbocycles. The molecule has 8 nitrogen and oxygen atoms in total. The van der Waals surface area contributed by atoms with Crippen LogP contribution in [0.15, 0.2) is 48.6 Å². The lowest BCUT2D eigenvalue weighted by atomic mass is 9.47. The first-order valence-electron chi connectivity index (χ1n) is 24.5. The van der Waals surface area contributed by atoms with Gasteiger partial charge in [-0.3, -0.25) is 9.59 Å². The van der Waals surface area contributed by atoms with Crippen LogP contribution in [0.25, 0.3) is 0 Å². The number of benzene rings is 1. The molecule has 0 radical (unpaired) electrons. The molecular formula is C53H78O8. The molecule has 8 heteroatoms. The smallest absolute Gasteiger partial charge is 0.338 e. The number of fused-ring (bicyclic) bond motifs is 5. The molecule has 0 saturated heterocycles. The third-order valence-electron chi connectivity index (χ3n) is 16.4. The molecule has 0 bridgehead atoms. The first-order valence-corrected chi connectivity index (χ1v) is 24.5. The highest BCUT2D eigenvalue weighted by Gasteiger charge is 2.59. The van der Waals surface area contributed by atoms with Crippen molar-refractivity contribution >= 4 is 23.9 Å². The van der Waals surface area contributed by atoms with Crippen LogP contribution in [-0.4, -0.2) is 43.2 Å². The average Bonchev–Trinajstić information content (AvgIpc) is 3.61.